The number of carbonyl (C=O) groups is 2. The highest BCUT2D eigenvalue weighted by atomic mass is 35.5. The van der Waals surface area contributed by atoms with Gasteiger partial charge in [0, 0.05) is 6.54 Å². The molecule has 0 aromatic heterocycles. The van der Waals surface area contributed by atoms with Crippen LogP contribution in [0.1, 0.15) is 30.1 Å². The molecule has 2 unspecified atom stereocenters. The third kappa shape index (κ3) is 2.76. The molecule has 6 heteroatoms. The first-order chi connectivity index (χ1) is 9.43. The zero-order valence-corrected chi connectivity index (χ0v) is 12.5. The highest BCUT2D eigenvalue weighted by molar-refractivity contribution is 6.39. The quantitative estimate of drug-likeness (QED) is 0.910. The third-order valence-electron chi connectivity index (χ3n) is 3.62. The van der Waals surface area contributed by atoms with Gasteiger partial charge in [0.1, 0.15) is 6.04 Å². The van der Waals surface area contributed by atoms with Crippen LogP contribution in [0.5, 0.6) is 0 Å². The minimum Gasteiger partial charge on any atom is -0.480 e. The van der Waals surface area contributed by atoms with Crippen molar-refractivity contribution in [3.05, 3.63) is 33.8 Å². The van der Waals surface area contributed by atoms with Crippen molar-refractivity contribution in [3.8, 4) is 0 Å². The first-order valence-corrected chi connectivity index (χ1v) is 7.17. The molecule has 1 heterocycles. The van der Waals surface area contributed by atoms with Crippen molar-refractivity contribution in [2.24, 2.45) is 5.92 Å². The van der Waals surface area contributed by atoms with E-state index in [0.29, 0.717) is 6.54 Å². The van der Waals surface area contributed by atoms with Crippen LogP contribution in [-0.2, 0) is 4.79 Å². The van der Waals surface area contributed by atoms with E-state index in [2.05, 4.69) is 0 Å². The zero-order chi connectivity index (χ0) is 14.9. The number of aliphatic carboxylic acids is 1. The van der Waals surface area contributed by atoms with Gasteiger partial charge in [0.05, 0.1) is 15.6 Å². The average molecular weight is 316 g/mol. The zero-order valence-electron chi connectivity index (χ0n) is 11.0. The first-order valence-electron chi connectivity index (χ1n) is 6.41. The number of likely N-dealkylation sites (tertiary alicyclic amines) is 1. The SMILES string of the molecule is CC1CCCN(C(=O)c2c(Cl)cccc2Cl)C1C(=O)O. The largest absolute Gasteiger partial charge is 0.480 e. The van der Waals surface area contributed by atoms with E-state index in [1.165, 1.54) is 4.90 Å². The standard InChI is InChI=1S/C14H15Cl2NO3/c1-8-4-3-7-17(12(8)14(19)20)13(18)11-9(15)5-2-6-10(11)16/h2,5-6,8,12H,3-4,7H2,1H3,(H,19,20). The Labute approximate surface area is 127 Å². The first kappa shape index (κ1) is 15.1. The molecule has 0 spiro atoms. The second kappa shape index (κ2) is 6.02. The molecular weight excluding hydrogens is 301 g/mol. The van der Waals surface area contributed by atoms with E-state index in [1.54, 1.807) is 18.2 Å². The lowest BCUT2D eigenvalue weighted by Crippen LogP contribution is -2.52. The molecule has 2 rings (SSSR count). The lowest BCUT2D eigenvalue weighted by Gasteiger charge is -2.37. The van der Waals surface area contributed by atoms with Crippen LogP contribution in [0, 0.1) is 5.92 Å². The molecule has 1 aromatic rings. The summed E-state index contributed by atoms with van der Waals surface area (Å²) in [5.41, 5.74) is 0.177. The predicted octanol–water partition coefficient (Wildman–Crippen LogP) is 3.32. The normalized spacial score (nSPS) is 22.6. The molecule has 1 aliphatic heterocycles. The summed E-state index contributed by atoms with van der Waals surface area (Å²) in [7, 11) is 0. The fourth-order valence-electron chi connectivity index (χ4n) is 2.64. The van der Waals surface area contributed by atoms with Gasteiger partial charge in [0.15, 0.2) is 0 Å². The molecule has 1 saturated heterocycles. The van der Waals surface area contributed by atoms with Crippen LogP contribution in [0.3, 0.4) is 0 Å². The molecule has 1 aromatic carbocycles. The molecule has 1 fully saturated rings. The number of piperidine rings is 1. The van der Waals surface area contributed by atoms with Crippen LogP contribution in [0.4, 0.5) is 0 Å². The van der Waals surface area contributed by atoms with Gasteiger partial charge in [-0.25, -0.2) is 4.79 Å². The number of rotatable bonds is 2. The molecule has 0 aliphatic carbocycles. The maximum atomic E-state index is 12.6. The number of hydrogen-bond acceptors (Lipinski definition) is 2. The molecule has 20 heavy (non-hydrogen) atoms. The number of carboxylic acids is 1. The van der Waals surface area contributed by atoms with Crippen molar-refractivity contribution in [2.45, 2.75) is 25.8 Å². The lowest BCUT2D eigenvalue weighted by atomic mass is 9.90. The fraction of sp³-hybridized carbons (Fsp3) is 0.429. The number of benzene rings is 1. The second-order valence-electron chi connectivity index (χ2n) is 5.00. The summed E-state index contributed by atoms with van der Waals surface area (Å²) in [5, 5.41) is 9.83. The van der Waals surface area contributed by atoms with E-state index in [0.717, 1.165) is 12.8 Å². The Morgan fingerprint density at radius 1 is 1.30 bits per heavy atom. The Balaban J connectivity index is 2.38. The summed E-state index contributed by atoms with van der Waals surface area (Å²) in [6.45, 7) is 2.24. The van der Waals surface area contributed by atoms with Crippen LogP contribution < -0.4 is 0 Å². The molecule has 0 bridgehead atoms. The molecule has 1 amide bonds. The maximum Gasteiger partial charge on any atom is 0.326 e. The van der Waals surface area contributed by atoms with Gasteiger partial charge < -0.3 is 10.0 Å². The molecule has 4 nitrogen and oxygen atoms in total. The summed E-state index contributed by atoms with van der Waals surface area (Å²) in [6, 6.07) is 3.96. The van der Waals surface area contributed by atoms with Crippen molar-refractivity contribution in [1.82, 2.24) is 4.90 Å². The number of hydrogen-bond donors (Lipinski definition) is 1. The van der Waals surface area contributed by atoms with Crippen molar-refractivity contribution < 1.29 is 14.7 Å². The van der Waals surface area contributed by atoms with E-state index in [4.69, 9.17) is 23.2 Å². The Morgan fingerprint density at radius 3 is 2.45 bits per heavy atom. The van der Waals surface area contributed by atoms with Gasteiger partial charge in [-0.3, -0.25) is 4.79 Å². The van der Waals surface area contributed by atoms with Crippen LogP contribution >= 0.6 is 23.2 Å². The lowest BCUT2D eigenvalue weighted by molar-refractivity contribution is -0.145. The Hall–Kier alpha value is -1.26. The van der Waals surface area contributed by atoms with Crippen LogP contribution in [0.25, 0.3) is 0 Å². The molecule has 1 aliphatic rings. The third-order valence-corrected chi connectivity index (χ3v) is 4.25. The minimum atomic E-state index is -0.992. The van der Waals surface area contributed by atoms with E-state index in [1.807, 2.05) is 6.92 Å². The molecule has 108 valence electrons. The summed E-state index contributed by atoms with van der Waals surface area (Å²) >= 11 is 12.1. The molecule has 1 N–H and O–H groups in total. The number of carboxylic acid groups (broad SMARTS) is 1. The highest BCUT2D eigenvalue weighted by Crippen LogP contribution is 2.30. The predicted molar refractivity (Wildman–Crippen MR) is 77.3 cm³/mol. The molecule has 2 atom stereocenters. The van der Waals surface area contributed by atoms with Crippen molar-refractivity contribution in [1.29, 1.82) is 0 Å². The van der Waals surface area contributed by atoms with Gasteiger partial charge in [-0.15, -0.1) is 0 Å². The number of carbonyl (C=O) groups excluding carboxylic acids is 1. The van der Waals surface area contributed by atoms with E-state index < -0.39 is 17.9 Å². The van der Waals surface area contributed by atoms with E-state index >= 15 is 0 Å². The van der Waals surface area contributed by atoms with Crippen LogP contribution in [0.15, 0.2) is 18.2 Å². The number of amides is 1. The Kier molecular flexibility index (Phi) is 4.55. The minimum absolute atomic E-state index is 0.0912. The van der Waals surface area contributed by atoms with Crippen LogP contribution in [0.2, 0.25) is 10.0 Å². The second-order valence-corrected chi connectivity index (χ2v) is 5.81. The molecular formula is C14H15Cl2NO3. The summed E-state index contributed by atoms with van der Waals surface area (Å²) in [5.74, 6) is -1.50. The molecule has 0 saturated carbocycles. The van der Waals surface area contributed by atoms with E-state index in [-0.39, 0.29) is 21.5 Å². The van der Waals surface area contributed by atoms with Crippen molar-refractivity contribution >= 4 is 35.1 Å². The monoisotopic (exact) mass is 315 g/mol. The summed E-state index contributed by atoms with van der Waals surface area (Å²) in [4.78, 5) is 25.4. The van der Waals surface area contributed by atoms with Crippen molar-refractivity contribution in [2.75, 3.05) is 6.54 Å². The topological polar surface area (TPSA) is 57.6 Å². The Morgan fingerprint density at radius 2 is 1.90 bits per heavy atom. The fourth-order valence-corrected chi connectivity index (χ4v) is 3.20. The Bertz CT molecular complexity index is 527. The summed E-state index contributed by atoms with van der Waals surface area (Å²) < 4.78 is 0. The van der Waals surface area contributed by atoms with Crippen LogP contribution in [-0.4, -0.2) is 34.5 Å². The highest BCUT2D eigenvalue weighted by Gasteiger charge is 2.38. The van der Waals surface area contributed by atoms with Gasteiger partial charge in [-0.2, -0.15) is 0 Å². The average Bonchev–Trinajstić information content (AvgIpc) is 2.37. The van der Waals surface area contributed by atoms with Gasteiger partial charge in [-0.1, -0.05) is 36.2 Å². The number of halogens is 2. The maximum absolute atomic E-state index is 12.6. The van der Waals surface area contributed by atoms with Gasteiger partial charge in [-0.05, 0) is 30.9 Å². The van der Waals surface area contributed by atoms with Gasteiger partial charge in [0.25, 0.3) is 5.91 Å². The van der Waals surface area contributed by atoms with E-state index in [9.17, 15) is 14.7 Å². The molecule has 0 radical (unpaired) electrons. The van der Waals surface area contributed by atoms with Gasteiger partial charge >= 0.3 is 5.97 Å². The smallest absolute Gasteiger partial charge is 0.326 e. The summed E-state index contributed by atoms with van der Waals surface area (Å²) in [6.07, 6.45) is 1.57. The van der Waals surface area contributed by atoms with Gasteiger partial charge in [0.2, 0.25) is 0 Å². The number of nitrogens with zero attached hydrogens (tertiary/aromatic N) is 1. The van der Waals surface area contributed by atoms with Crippen molar-refractivity contribution in [3.63, 3.8) is 0 Å².